The van der Waals surface area contributed by atoms with Crippen molar-refractivity contribution in [2.24, 2.45) is 11.3 Å². The normalized spacial score (nSPS) is 29.6. The van der Waals surface area contributed by atoms with Crippen LogP contribution in [0.2, 0.25) is 0 Å². The minimum atomic E-state index is -3.91. The second kappa shape index (κ2) is 14.1. The summed E-state index contributed by atoms with van der Waals surface area (Å²) in [5.74, 6) is -2.67. The topological polar surface area (TPSA) is 183 Å². The number of allylic oxidation sites excluding steroid dienone is 1. The molecule has 3 aliphatic heterocycles. The lowest BCUT2D eigenvalue weighted by molar-refractivity contribution is -0.142. The third-order valence-electron chi connectivity index (χ3n) is 11.0. The van der Waals surface area contributed by atoms with Crippen molar-refractivity contribution in [3.8, 4) is 0 Å². The van der Waals surface area contributed by atoms with E-state index in [0.717, 1.165) is 29.5 Å². The van der Waals surface area contributed by atoms with Crippen LogP contribution in [0.15, 0.2) is 36.9 Å². The van der Waals surface area contributed by atoms with Crippen LogP contribution in [0.1, 0.15) is 96.3 Å². The summed E-state index contributed by atoms with van der Waals surface area (Å²) in [5.41, 5.74) is 0.0593. The van der Waals surface area contributed by atoms with Gasteiger partial charge in [-0.3, -0.25) is 24.0 Å². The van der Waals surface area contributed by atoms with Gasteiger partial charge in [0, 0.05) is 24.4 Å². The minimum Gasteiger partial charge on any atom is -0.444 e. The molecule has 3 fully saturated rings. The Bertz CT molecular complexity index is 1830. The molecule has 288 valence electrons. The third kappa shape index (κ3) is 8.24. The lowest BCUT2D eigenvalue weighted by Crippen LogP contribution is -2.62. The van der Waals surface area contributed by atoms with E-state index in [-0.39, 0.29) is 19.4 Å². The number of hydrogen-bond acceptors (Lipinski definition) is 8. The number of carbonyl (C=O) groups is 5. The molecule has 2 saturated carbocycles. The highest BCUT2D eigenvalue weighted by molar-refractivity contribution is 7.91. The van der Waals surface area contributed by atoms with Gasteiger partial charge in [0.25, 0.3) is 5.91 Å². The summed E-state index contributed by atoms with van der Waals surface area (Å²) >= 11 is 0. The molecule has 0 radical (unpaired) electrons. The van der Waals surface area contributed by atoms with Crippen LogP contribution >= 0.6 is 0 Å². The van der Waals surface area contributed by atoms with Crippen molar-refractivity contribution in [1.29, 1.82) is 0 Å². The summed E-state index contributed by atoms with van der Waals surface area (Å²) in [6.07, 6.45) is 7.35. The Morgan fingerprint density at radius 1 is 1.11 bits per heavy atom. The molecule has 0 unspecified atom stereocenters. The molecular weight excluding hydrogens is 701 g/mol. The predicted octanol–water partition coefficient (Wildman–Crippen LogP) is 3.47. The van der Waals surface area contributed by atoms with Gasteiger partial charge in [0.1, 0.15) is 23.7 Å². The molecule has 15 heteroatoms. The van der Waals surface area contributed by atoms with Crippen molar-refractivity contribution >= 4 is 45.9 Å². The summed E-state index contributed by atoms with van der Waals surface area (Å²) in [6.45, 7) is 13.5. The molecule has 1 aromatic rings. The van der Waals surface area contributed by atoms with E-state index in [0.29, 0.717) is 32.4 Å². The summed E-state index contributed by atoms with van der Waals surface area (Å²) < 4.78 is 33.5. The highest BCUT2D eigenvalue weighted by Gasteiger charge is 2.62. The fourth-order valence-electron chi connectivity index (χ4n) is 7.57. The molecule has 3 heterocycles. The van der Waals surface area contributed by atoms with Gasteiger partial charge in [-0.1, -0.05) is 57.2 Å². The van der Waals surface area contributed by atoms with Crippen LogP contribution in [-0.2, 0) is 42.2 Å². The monoisotopic (exact) mass is 752 g/mol. The summed E-state index contributed by atoms with van der Waals surface area (Å²) in [5, 5.41) is 7.97. The molecule has 0 aromatic heterocycles. The maximum absolute atomic E-state index is 14.5. The molecule has 53 heavy (non-hydrogen) atoms. The van der Waals surface area contributed by atoms with Gasteiger partial charge < -0.3 is 25.6 Å². The van der Waals surface area contributed by atoms with E-state index in [9.17, 15) is 32.4 Å². The molecule has 6 amide bonds. The number of fused-ring (bicyclic) bond motifs is 3. The fraction of sp³-hybridized carbons (Fsp3) is 0.605. The molecule has 1 saturated heterocycles. The second-order valence-corrected chi connectivity index (χ2v) is 18.8. The van der Waals surface area contributed by atoms with Crippen LogP contribution in [0.25, 0.3) is 6.08 Å². The second-order valence-electron chi connectivity index (χ2n) is 16.8. The van der Waals surface area contributed by atoms with Crippen molar-refractivity contribution in [3.05, 3.63) is 53.6 Å². The molecule has 6 rings (SSSR count). The van der Waals surface area contributed by atoms with Gasteiger partial charge in [-0.05, 0) is 74.5 Å². The van der Waals surface area contributed by atoms with E-state index >= 15 is 0 Å². The largest absolute Gasteiger partial charge is 0.444 e. The number of urea groups is 1. The van der Waals surface area contributed by atoms with Crippen molar-refractivity contribution in [3.63, 3.8) is 0 Å². The van der Waals surface area contributed by atoms with Crippen LogP contribution in [0.3, 0.4) is 0 Å². The Labute approximate surface area is 311 Å². The minimum absolute atomic E-state index is 0.0784. The van der Waals surface area contributed by atoms with Crippen LogP contribution < -0.4 is 20.7 Å². The Kier molecular flexibility index (Phi) is 10.2. The van der Waals surface area contributed by atoms with Crippen molar-refractivity contribution in [1.82, 2.24) is 30.5 Å². The zero-order chi connectivity index (χ0) is 38.5. The number of ether oxygens (including phenoxy) is 1. The van der Waals surface area contributed by atoms with Crippen LogP contribution in [0.4, 0.5) is 9.59 Å². The smallest absolute Gasteiger partial charge is 0.410 e. The average molecular weight is 753 g/mol. The maximum Gasteiger partial charge on any atom is 0.410 e. The van der Waals surface area contributed by atoms with Gasteiger partial charge in [0.15, 0.2) is 0 Å². The van der Waals surface area contributed by atoms with Crippen molar-refractivity contribution in [2.45, 2.75) is 127 Å². The molecule has 4 N–H and O–H groups in total. The van der Waals surface area contributed by atoms with Crippen LogP contribution in [0, 0.1) is 11.3 Å². The Hall–Kier alpha value is -4.40. The first kappa shape index (κ1) is 38.3. The Morgan fingerprint density at radius 3 is 2.51 bits per heavy atom. The zero-order valence-electron chi connectivity index (χ0n) is 31.2. The molecule has 4 bridgehead atoms. The number of sulfonamides is 1. The SMILES string of the molecule is C=C[C@@H]1C[C@]1(NC(=O)[C@@H]1C[C@@H]2CN1C(=O)[C@H](C(C)(C)C)NC(=O)NC(C)(C)CCC/C=C/c1cccc3c1CN(C3)C(=O)O2)C(=O)NS(=O)(=O)C1CC1. The number of carbonyl (C=O) groups excluding carboxylic acids is 5. The number of hydrogen-bond donors (Lipinski definition) is 4. The maximum atomic E-state index is 14.5. The molecule has 5 aliphatic rings. The molecule has 1 aromatic carbocycles. The van der Waals surface area contributed by atoms with E-state index in [1.165, 1.54) is 11.0 Å². The van der Waals surface area contributed by atoms with Crippen molar-refractivity contribution < 1.29 is 37.1 Å². The van der Waals surface area contributed by atoms with Crippen molar-refractivity contribution in [2.75, 3.05) is 6.54 Å². The average Bonchev–Trinajstić information content (AvgIpc) is 3.96. The quantitative estimate of drug-likeness (QED) is 0.319. The highest BCUT2D eigenvalue weighted by Crippen LogP contribution is 2.45. The third-order valence-corrected chi connectivity index (χ3v) is 12.8. The zero-order valence-corrected chi connectivity index (χ0v) is 32.0. The molecule has 14 nitrogen and oxygen atoms in total. The fourth-order valence-corrected chi connectivity index (χ4v) is 8.93. The van der Waals surface area contributed by atoms with Gasteiger partial charge >= 0.3 is 12.1 Å². The Morgan fingerprint density at radius 2 is 1.85 bits per heavy atom. The van der Waals surface area contributed by atoms with E-state index in [1.807, 2.05) is 32.0 Å². The lowest BCUT2D eigenvalue weighted by atomic mass is 9.85. The van der Waals surface area contributed by atoms with Gasteiger partial charge in [-0.2, -0.15) is 0 Å². The van der Waals surface area contributed by atoms with Gasteiger partial charge in [-0.15, -0.1) is 6.58 Å². The number of rotatable bonds is 6. The first-order chi connectivity index (χ1) is 24.8. The van der Waals surface area contributed by atoms with Gasteiger partial charge in [0.2, 0.25) is 21.8 Å². The summed E-state index contributed by atoms with van der Waals surface area (Å²) in [7, 11) is -3.91. The van der Waals surface area contributed by atoms with Crippen LogP contribution in [0.5, 0.6) is 0 Å². The van der Waals surface area contributed by atoms with E-state index in [4.69, 9.17) is 4.74 Å². The molecule has 2 aliphatic carbocycles. The Balaban J connectivity index is 1.29. The predicted molar refractivity (Wildman–Crippen MR) is 197 cm³/mol. The van der Waals surface area contributed by atoms with Gasteiger partial charge in [-0.25, -0.2) is 18.0 Å². The molecule has 5 atom stereocenters. The molecule has 0 spiro atoms. The number of benzene rings is 1. The summed E-state index contributed by atoms with van der Waals surface area (Å²) in [4.78, 5) is 72.2. The number of nitrogens with one attached hydrogen (secondary N) is 4. The van der Waals surface area contributed by atoms with Gasteiger partial charge in [0.05, 0.1) is 18.3 Å². The molecular formula is C38H52N6O8S. The lowest BCUT2D eigenvalue weighted by Gasteiger charge is -2.36. The number of nitrogens with zero attached hydrogens (tertiary/aromatic N) is 2. The first-order valence-corrected chi connectivity index (χ1v) is 20.0. The first-order valence-electron chi connectivity index (χ1n) is 18.5. The van der Waals surface area contributed by atoms with E-state index in [2.05, 4.69) is 39.4 Å². The number of amides is 6. The van der Waals surface area contributed by atoms with E-state index in [1.54, 1.807) is 25.7 Å². The highest BCUT2D eigenvalue weighted by atomic mass is 32.2. The van der Waals surface area contributed by atoms with Crippen LogP contribution in [-0.4, -0.2) is 89.1 Å². The summed E-state index contributed by atoms with van der Waals surface area (Å²) in [6, 6.07) is 3.10. The standard InChI is InChI=1S/C38H52N6O8S/c1-7-25-19-38(25,33(47)42-53(50,51)27-15-16-27)40-31(45)29-18-26-21-44(29)32(46)30(36(2,3)4)39-34(48)41-37(5,6)17-10-8-9-12-23-13-11-14-24-20-43(22-28(23)24)35(49)52-26/h7,9,11-14,25-27,29-30H,1,8,10,15-22H2,2-6H3,(H,40,45)(H,42,47)(H2,39,41,48)/b12-9+/t25-,26-,29+,30-,38-/m1/s1. The van der Waals surface area contributed by atoms with E-state index < -0.39 is 85.7 Å².